The van der Waals surface area contributed by atoms with Crippen LogP contribution in [0.15, 0.2) is 12.3 Å². The van der Waals surface area contributed by atoms with Gasteiger partial charge in [-0.1, -0.05) is 19.3 Å². The molecule has 3 N–H and O–H groups in total. The summed E-state index contributed by atoms with van der Waals surface area (Å²) in [5.41, 5.74) is 6.75. The molecule has 0 unspecified atom stereocenters. The molecule has 1 heterocycles. The molecular formula is C12H16N4. The fourth-order valence-electron chi connectivity index (χ4n) is 1.89. The number of nitrogen functional groups attached to an aromatic ring is 1. The fourth-order valence-corrected chi connectivity index (χ4v) is 1.89. The standard InChI is InChI=1S/C12H16N4/c13-8-10-5-7-16-12(11(10)14)15-6-4-9-2-1-3-9/h5,7,9H,1-4,6,14H2,(H,15,16). The van der Waals surface area contributed by atoms with E-state index in [9.17, 15) is 0 Å². The zero-order valence-corrected chi connectivity index (χ0v) is 9.24. The molecule has 0 bridgehead atoms. The van der Waals surface area contributed by atoms with Crippen LogP contribution in [-0.4, -0.2) is 11.5 Å². The molecule has 0 aromatic carbocycles. The van der Waals surface area contributed by atoms with Crippen molar-refractivity contribution in [3.05, 3.63) is 17.8 Å². The number of nitriles is 1. The van der Waals surface area contributed by atoms with Crippen molar-refractivity contribution in [2.24, 2.45) is 5.92 Å². The number of nitrogens with zero attached hydrogens (tertiary/aromatic N) is 2. The van der Waals surface area contributed by atoms with Crippen molar-refractivity contribution in [3.8, 4) is 6.07 Å². The van der Waals surface area contributed by atoms with Crippen LogP contribution in [0.2, 0.25) is 0 Å². The molecule has 0 spiro atoms. The third-order valence-corrected chi connectivity index (χ3v) is 3.18. The van der Waals surface area contributed by atoms with Crippen molar-refractivity contribution in [1.82, 2.24) is 4.98 Å². The highest BCUT2D eigenvalue weighted by Gasteiger charge is 2.16. The van der Waals surface area contributed by atoms with Crippen molar-refractivity contribution in [1.29, 1.82) is 5.26 Å². The molecule has 0 aliphatic heterocycles. The van der Waals surface area contributed by atoms with Gasteiger partial charge < -0.3 is 11.1 Å². The van der Waals surface area contributed by atoms with Gasteiger partial charge >= 0.3 is 0 Å². The Bertz CT molecular complexity index is 404. The number of hydrogen-bond acceptors (Lipinski definition) is 4. The molecule has 4 heteroatoms. The van der Waals surface area contributed by atoms with Crippen LogP contribution < -0.4 is 11.1 Å². The van der Waals surface area contributed by atoms with E-state index < -0.39 is 0 Å². The lowest BCUT2D eigenvalue weighted by molar-refractivity contribution is 0.303. The molecule has 1 aromatic heterocycles. The van der Waals surface area contributed by atoms with Gasteiger partial charge in [0.2, 0.25) is 0 Å². The molecule has 0 atom stereocenters. The van der Waals surface area contributed by atoms with Gasteiger partial charge in [0.25, 0.3) is 0 Å². The van der Waals surface area contributed by atoms with Gasteiger partial charge in [0.1, 0.15) is 6.07 Å². The van der Waals surface area contributed by atoms with E-state index in [1.807, 2.05) is 0 Å². The number of pyridine rings is 1. The van der Waals surface area contributed by atoms with Gasteiger partial charge in [-0.05, 0) is 18.4 Å². The number of nitrogens with two attached hydrogens (primary N) is 1. The minimum absolute atomic E-state index is 0.457. The lowest BCUT2D eigenvalue weighted by Gasteiger charge is -2.25. The van der Waals surface area contributed by atoms with E-state index in [4.69, 9.17) is 11.0 Å². The maximum Gasteiger partial charge on any atom is 0.150 e. The summed E-state index contributed by atoms with van der Waals surface area (Å²) in [7, 11) is 0. The Morgan fingerprint density at radius 2 is 2.38 bits per heavy atom. The van der Waals surface area contributed by atoms with Crippen LogP contribution in [0.4, 0.5) is 11.5 Å². The van der Waals surface area contributed by atoms with Gasteiger partial charge in [0, 0.05) is 12.7 Å². The smallest absolute Gasteiger partial charge is 0.150 e. The number of aromatic nitrogens is 1. The molecule has 16 heavy (non-hydrogen) atoms. The summed E-state index contributed by atoms with van der Waals surface area (Å²) in [6, 6.07) is 3.68. The molecule has 0 saturated heterocycles. The highest BCUT2D eigenvalue weighted by molar-refractivity contribution is 5.68. The summed E-state index contributed by atoms with van der Waals surface area (Å²) in [5.74, 6) is 1.51. The monoisotopic (exact) mass is 216 g/mol. The van der Waals surface area contributed by atoms with E-state index in [-0.39, 0.29) is 0 Å². The molecule has 0 amide bonds. The average molecular weight is 216 g/mol. The topological polar surface area (TPSA) is 74.7 Å². The molecule has 1 fully saturated rings. The summed E-state index contributed by atoms with van der Waals surface area (Å²) < 4.78 is 0. The normalized spacial score (nSPS) is 15.2. The molecule has 1 aromatic rings. The second-order valence-electron chi connectivity index (χ2n) is 4.24. The van der Waals surface area contributed by atoms with Crippen LogP contribution in [0.1, 0.15) is 31.2 Å². The van der Waals surface area contributed by atoms with Crippen molar-refractivity contribution in [2.45, 2.75) is 25.7 Å². The molecule has 84 valence electrons. The minimum Gasteiger partial charge on any atom is -0.395 e. The lowest BCUT2D eigenvalue weighted by Crippen LogP contribution is -2.16. The van der Waals surface area contributed by atoms with Gasteiger partial charge in [0.15, 0.2) is 5.82 Å². The van der Waals surface area contributed by atoms with E-state index >= 15 is 0 Å². The van der Waals surface area contributed by atoms with E-state index in [1.165, 1.54) is 19.3 Å². The zero-order valence-electron chi connectivity index (χ0n) is 9.24. The van der Waals surface area contributed by atoms with Crippen LogP contribution >= 0.6 is 0 Å². The molecule has 2 rings (SSSR count). The summed E-state index contributed by atoms with van der Waals surface area (Å²) in [6.07, 6.45) is 6.85. The number of anilines is 2. The maximum absolute atomic E-state index is 8.82. The summed E-state index contributed by atoms with van der Waals surface area (Å²) in [6.45, 7) is 0.886. The highest BCUT2D eigenvalue weighted by Crippen LogP contribution is 2.29. The van der Waals surface area contributed by atoms with E-state index in [0.717, 1.165) is 18.9 Å². The quantitative estimate of drug-likeness (QED) is 0.808. The first-order valence-corrected chi connectivity index (χ1v) is 5.69. The number of hydrogen-bond donors (Lipinski definition) is 2. The third kappa shape index (κ3) is 2.25. The first-order valence-electron chi connectivity index (χ1n) is 5.69. The summed E-state index contributed by atoms with van der Waals surface area (Å²) in [4.78, 5) is 4.14. The predicted molar refractivity (Wildman–Crippen MR) is 63.8 cm³/mol. The Morgan fingerprint density at radius 1 is 1.56 bits per heavy atom. The Balaban J connectivity index is 1.90. The van der Waals surface area contributed by atoms with Crippen LogP contribution in [0.25, 0.3) is 0 Å². The number of rotatable bonds is 4. The predicted octanol–water partition coefficient (Wildman–Crippen LogP) is 2.14. The van der Waals surface area contributed by atoms with Gasteiger partial charge in [0.05, 0.1) is 11.3 Å². The first kappa shape index (κ1) is 10.7. The molecule has 1 aliphatic carbocycles. The highest BCUT2D eigenvalue weighted by atomic mass is 15.0. The largest absolute Gasteiger partial charge is 0.395 e. The first-order chi connectivity index (χ1) is 7.81. The van der Waals surface area contributed by atoms with Crippen molar-refractivity contribution in [2.75, 3.05) is 17.6 Å². The van der Waals surface area contributed by atoms with Crippen LogP contribution in [0.5, 0.6) is 0 Å². The van der Waals surface area contributed by atoms with Gasteiger partial charge in [-0.3, -0.25) is 0 Å². The molecule has 4 nitrogen and oxygen atoms in total. The van der Waals surface area contributed by atoms with Crippen LogP contribution in [0, 0.1) is 17.2 Å². The molecule has 1 aliphatic rings. The molecular weight excluding hydrogens is 200 g/mol. The summed E-state index contributed by atoms with van der Waals surface area (Å²) in [5, 5.41) is 12.0. The summed E-state index contributed by atoms with van der Waals surface area (Å²) >= 11 is 0. The van der Waals surface area contributed by atoms with Crippen molar-refractivity contribution >= 4 is 11.5 Å². The third-order valence-electron chi connectivity index (χ3n) is 3.18. The second kappa shape index (κ2) is 4.84. The Morgan fingerprint density at radius 3 is 3.00 bits per heavy atom. The average Bonchev–Trinajstić information content (AvgIpc) is 2.24. The Hall–Kier alpha value is -1.76. The lowest BCUT2D eigenvalue weighted by atomic mass is 9.83. The van der Waals surface area contributed by atoms with Gasteiger partial charge in [-0.15, -0.1) is 0 Å². The number of nitrogens with one attached hydrogen (secondary N) is 1. The van der Waals surface area contributed by atoms with E-state index in [0.29, 0.717) is 17.1 Å². The van der Waals surface area contributed by atoms with E-state index in [1.54, 1.807) is 12.3 Å². The Labute approximate surface area is 95.5 Å². The van der Waals surface area contributed by atoms with Crippen molar-refractivity contribution < 1.29 is 0 Å². The molecule has 1 saturated carbocycles. The van der Waals surface area contributed by atoms with Crippen LogP contribution in [0.3, 0.4) is 0 Å². The van der Waals surface area contributed by atoms with Crippen molar-refractivity contribution in [3.63, 3.8) is 0 Å². The van der Waals surface area contributed by atoms with Crippen LogP contribution in [-0.2, 0) is 0 Å². The SMILES string of the molecule is N#Cc1ccnc(NCCC2CCC2)c1N. The molecule has 0 radical (unpaired) electrons. The maximum atomic E-state index is 8.82. The zero-order chi connectivity index (χ0) is 11.4. The van der Waals surface area contributed by atoms with Gasteiger partial charge in [-0.25, -0.2) is 4.98 Å². The van der Waals surface area contributed by atoms with E-state index in [2.05, 4.69) is 16.4 Å². The fraction of sp³-hybridized carbons (Fsp3) is 0.500. The minimum atomic E-state index is 0.457. The van der Waals surface area contributed by atoms with Gasteiger partial charge in [-0.2, -0.15) is 5.26 Å². The Kier molecular flexibility index (Phi) is 3.25. The second-order valence-corrected chi connectivity index (χ2v) is 4.24.